The van der Waals surface area contributed by atoms with Gasteiger partial charge in [-0.25, -0.2) is 4.79 Å². The quantitative estimate of drug-likeness (QED) is 0.864. The third-order valence-electron chi connectivity index (χ3n) is 2.08. The summed E-state index contributed by atoms with van der Waals surface area (Å²) in [6, 6.07) is 7.04. The summed E-state index contributed by atoms with van der Waals surface area (Å²) < 4.78 is 10.3. The third-order valence-corrected chi connectivity index (χ3v) is 2.61. The summed E-state index contributed by atoms with van der Waals surface area (Å²) in [5, 5.41) is 0. The minimum atomic E-state index is -0.929. The van der Waals surface area contributed by atoms with E-state index in [4.69, 9.17) is 10.5 Å². The maximum atomic E-state index is 11.2. The number of hydrogen-bond donors (Lipinski definition) is 1. The van der Waals surface area contributed by atoms with Crippen LogP contribution in [0.25, 0.3) is 0 Å². The van der Waals surface area contributed by atoms with Crippen LogP contribution in [0.5, 0.6) is 0 Å². The number of hydrogen-bond acceptors (Lipinski definition) is 4. The van der Waals surface area contributed by atoms with Gasteiger partial charge in [0.05, 0.1) is 13.5 Å². The van der Waals surface area contributed by atoms with Crippen LogP contribution in [0.2, 0.25) is 0 Å². The third kappa shape index (κ3) is 4.44. The lowest BCUT2D eigenvalue weighted by molar-refractivity contribution is -0.142. The molecule has 0 unspecified atom stereocenters. The Hall–Kier alpha value is -1.56. The van der Waals surface area contributed by atoms with Gasteiger partial charge in [0, 0.05) is 4.47 Å². The monoisotopic (exact) mass is 301 g/mol. The van der Waals surface area contributed by atoms with E-state index in [1.807, 2.05) is 0 Å². The Bertz CT molecular complexity index is 404. The predicted molar refractivity (Wildman–Crippen MR) is 64.2 cm³/mol. The first kappa shape index (κ1) is 13.5. The first-order chi connectivity index (χ1) is 8.02. The van der Waals surface area contributed by atoms with E-state index >= 15 is 0 Å². The van der Waals surface area contributed by atoms with Crippen molar-refractivity contribution in [3.8, 4) is 0 Å². The summed E-state index contributed by atoms with van der Waals surface area (Å²) in [6.07, 6.45) is -1.73. The first-order valence-corrected chi connectivity index (χ1v) is 5.60. The largest absolute Gasteiger partial charge is 0.469 e. The van der Waals surface area contributed by atoms with E-state index in [1.165, 1.54) is 7.11 Å². The number of amides is 1. The average molecular weight is 302 g/mol. The Labute approximate surface area is 107 Å². The van der Waals surface area contributed by atoms with Crippen LogP contribution in [0.4, 0.5) is 4.79 Å². The van der Waals surface area contributed by atoms with Crippen LogP contribution in [0.15, 0.2) is 28.7 Å². The molecule has 1 rings (SSSR count). The van der Waals surface area contributed by atoms with Gasteiger partial charge >= 0.3 is 12.1 Å². The van der Waals surface area contributed by atoms with Gasteiger partial charge in [-0.15, -0.1) is 0 Å². The summed E-state index contributed by atoms with van der Waals surface area (Å²) in [5.41, 5.74) is 5.63. The van der Waals surface area contributed by atoms with Crippen molar-refractivity contribution in [3.05, 3.63) is 34.3 Å². The van der Waals surface area contributed by atoms with Crippen LogP contribution in [0, 0.1) is 0 Å². The molecule has 0 fully saturated rings. The lowest BCUT2D eigenvalue weighted by Gasteiger charge is -2.15. The van der Waals surface area contributed by atoms with E-state index in [2.05, 4.69) is 20.7 Å². The molecule has 1 amide bonds. The molecule has 6 heteroatoms. The fraction of sp³-hybridized carbons (Fsp3) is 0.273. The lowest BCUT2D eigenvalue weighted by Crippen LogP contribution is -2.20. The molecule has 1 aromatic rings. The molecule has 0 heterocycles. The molecule has 0 aromatic heterocycles. The van der Waals surface area contributed by atoms with E-state index in [9.17, 15) is 9.59 Å². The van der Waals surface area contributed by atoms with Gasteiger partial charge in [0.2, 0.25) is 0 Å². The number of esters is 1. The van der Waals surface area contributed by atoms with Gasteiger partial charge < -0.3 is 15.2 Å². The molecular formula is C11H12BrNO4. The number of carbonyl (C=O) groups excluding carboxylic acids is 2. The van der Waals surface area contributed by atoms with E-state index in [-0.39, 0.29) is 6.42 Å². The van der Waals surface area contributed by atoms with Crippen molar-refractivity contribution in [3.63, 3.8) is 0 Å². The summed E-state index contributed by atoms with van der Waals surface area (Å²) in [7, 11) is 1.27. The molecule has 1 aromatic carbocycles. The van der Waals surface area contributed by atoms with Crippen LogP contribution in [-0.2, 0) is 14.3 Å². The van der Waals surface area contributed by atoms with Crippen LogP contribution in [0.1, 0.15) is 18.1 Å². The predicted octanol–water partition coefficient (Wildman–Crippen LogP) is 2.15. The van der Waals surface area contributed by atoms with Crippen LogP contribution in [0.3, 0.4) is 0 Å². The second-order valence-electron chi connectivity index (χ2n) is 3.26. The van der Waals surface area contributed by atoms with E-state index in [0.717, 1.165) is 4.47 Å². The summed E-state index contributed by atoms with van der Waals surface area (Å²) in [6.45, 7) is 0. The molecule has 0 radical (unpaired) electrons. The zero-order valence-electron chi connectivity index (χ0n) is 9.18. The number of benzene rings is 1. The lowest BCUT2D eigenvalue weighted by atomic mass is 10.1. The molecule has 0 aliphatic rings. The maximum absolute atomic E-state index is 11.2. The Balaban J connectivity index is 2.85. The number of nitrogens with two attached hydrogens (primary N) is 1. The minimum Gasteiger partial charge on any atom is -0.469 e. The first-order valence-electron chi connectivity index (χ1n) is 4.81. The van der Waals surface area contributed by atoms with Crippen molar-refractivity contribution in [2.45, 2.75) is 12.5 Å². The standard InChI is InChI=1S/C11H12BrNO4/c1-16-10(14)6-9(17-11(13)15)7-2-4-8(12)5-3-7/h2-5,9H,6H2,1H3,(H2,13,15)/t9-/m0/s1. The molecule has 1 atom stereocenters. The van der Waals surface area contributed by atoms with Crippen molar-refractivity contribution >= 4 is 28.0 Å². The van der Waals surface area contributed by atoms with E-state index in [0.29, 0.717) is 5.56 Å². The summed E-state index contributed by atoms with van der Waals surface area (Å²) >= 11 is 3.29. The topological polar surface area (TPSA) is 78.6 Å². The highest BCUT2D eigenvalue weighted by atomic mass is 79.9. The molecule has 0 bridgehead atoms. The van der Waals surface area contributed by atoms with E-state index < -0.39 is 18.2 Å². The van der Waals surface area contributed by atoms with Crippen molar-refractivity contribution in [2.75, 3.05) is 7.11 Å². The zero-order chi connectivity index (χ0) is 12.8. The highest BCUT2D eigenvalue weighted by Gasteiger charge is 2.19. The molecule has 0 aliphatic carbocycles. The number of halogens is 1. The Kier molecular flexibility index (Phi) is 4.96. The van der Waals surface area contributed by atoms with Gasteiger partial charge in [-0.3, -0.25) is 4.79 Å². The fourth-order valence-corrected chi connectivity index (χ4v) is 1.54. The summed E-state index contributed by atoms with van der Waals surface area (Å²) in [5.74, 6) is -0.473. The molecular weight excluding hydrogens is 290 g/mol. The highest BCUT2D eigenvalue weighted by molar-refractivity contribution is 9.10. The van der Waals surface area contributed by atoms with Crippen LogP contribution < -0.4 is 5.73 Å². The molecule has 0 aliphatic heterocycles. The smallest absolute Gasteiger partial charge is 0.405 e. The zero-order valence-corrected chi connectivity index (χ0v) is 10.8. The van der Waals surface area contributed by atoms with Crippen LogP contribution in [-0.4, -0.2) is 19.2 Å². The normalized spacial score (nSPS) is 11.6. The Morgan fingerprint density at radius 1 is 1.35 bits per heavy atom. The second-order valence-corrected chi connectivity index (χ2v) is 4.17. The number of rotatable bonds is 4. The molecule has 5 nitrogen and oxygen atoms in total. The van der Waals surface area contributed by atoms with Gasteiger partial charge in [-0.05, 0) is 17.7 Å². The average Bonchev–Trinajstić information content (AvgIpc) is 2.28. The number of carbonyl (C=O) groups is 2. The van der Waals surface area contributed by atoms with Crippen molar-refractivity contribution in [1.82, 2.24) is 0 Å². The fourth-order valence-electron chi connectivity index (χ4n) is 1.28. The van der Waals surface area contributed by atoms with Gasteiger partial charge in [0.1, 0.15) is 6.10 Å². The van der Waals surface area contributed by atoms with Gasteiger partial charge in [-0.1, -0.05) is 28.1 Å². The van der Waals surface area contributed by atoms with Gasteiger partial charge in [0.15, 0.2) is 0 Å². The molecule has 0 saturated heterocycles. The number of methoxy groups -OCH3 is 1. The Morgan fingerprint density at radius 3 is 2.41 bits per heavy atom. The van der Waals surface area contributed by atoms with Crippen LogP contribution >= 0.6 is 15.9 Å². The molecule has 0 spiro atoms. The minimum absolute atomic E-state index is 0.0684. The van der Waals surface area contributed by atoms with Crippen molar-refractivity contribution < 1.29 is 19.1 Å². The maximum Gasteiger partial charge on any atom is 0.405 e. The SMILES string of the molecule is COC(=O)C[C@H](OC(N)=O)c1ccc(Br)cc1. The van der Waals surface area contributed by atoms with Crippen molar-refractivity contribution in [1.29, 1.82) is 0 Å². The molecule has 92 valence electrons. The molecule has 17 heavy (non-hydrogen) atoms. The van der Waals surface area contributed by atoms with Gasteiger partial charge in [-0.2, -0.15) is 0 Å². The molecule has 2 N–H and O–H groups in total. The number of ether oxygens (including phenoxy) is 2. The molecule has 0 saturated carbocycles. The Morgan fingerprint density at radius 2 is 1.94 bits per heavy atom. The number of primary amides is 1. The highest BCUT2D eigenvalue weighted by Crippen LogP contribution is 2.23. The van der Waals surface area contributed by atoms with Gasteiger partial charge in [0.25, 0.3) is 0 Å². The van der Waals surface area contributed by atoms with E-state index in [1.54, 1.807) is 24.3 Å². The van der Waals surface area contributed by atoms with Crippen molar-refractivity contribution in [2.24, 2.45) is 5.73 Å². The second kappa shape index (κ2) is 6.24. The summed E-state index contributed by atoms with van der Waals surface area (Å²) in [4.78, 5) is 21.9.